The van der Waals surface area contributed by atoms with E-state index in [2.05, 4.69) is 0 Å². The van der Waals surface area contributed by atoms with E-state index in [4.69, 9.17) is 9.21 Å². The number of benzene rings is 1. The monoisotopic (exact) mass is 175 g/mol. The highest BCUT2D eigenvalue weighted by Gasteiger charge is 2.06. The van der Waals surface area contributed by atoms with Gasteiger partial charge in [-0.3, -0.25) is 9.59 Å². The summed E-state index contributed by atoms with van der Waals surface area (Å²) in [4.78, 5) is 20.2. The molecule has 0 radical (unpaired) electrons. The number of fused-ring (bicyclic) bond motifs is 1. The topological polar surface area (TPSA) is 51.6 Å². The van der Waals surface area contributed by atoms with Crippen molar-refractivity contribution in [2.45, 2.75) is 0 Å². The predicted molar refractivity (Wildman–Crippen MR) is 49.6 cm³/mol. The van der Waals surface area contributed by atoms with Crippen LogP contribution in [0, 0.1) is 0 Å². The van der Waals surface area contributed by atoms with Gasteiger partial charge in [0.15, 0.2) is 5.56 Å². The van der Waals surface area contributed by atoms with E-state index in [1.165, 1.54) is 6.26 Å². The average Bonchev–Trinajstić information content (AvgIpc) is 2.19. The van der Waals surface area contributed by atoms with Gasteiger partial charge >= 0.3 is 6.29 Å². The summed E-state index contributed by atoms with van der Waals surface area (Å²) in [6, 6.07) is 6.90. The summed E-state index contributed by atoms with van der Waals surface area (Å²) in [5.74, 6) is 0. The van der Waals surface area contributed by atoms with Gasteiger partial charge in [-0.05, 0) is 12.1 Å². The second-order valence-corrected chi connectivity index (χ2v) is 2.65. The zero-order valence-corrected chi connectivity index (χ0v) is 6.73. The van der Waals surface area contributed by atoms with Crippen LogP contribution in [0.5, 0.6) is 0 Å². The third-order valence-electron chi connectivity index (χ3n) is 1.85. The fraction of sp³-hybridized carbons (Fsp3) is 0. The molecule has 0 aliphatic carbocycles. The van der Waals surface area contributed by atoms with E-state index in [0.717, 1.165) is 6.29 Å². The second kappa shape index (κ2) is 2.86. The lowest BCUT2D eigenvalue weighted by atomic mass is 10.2. The highest BCUT2D eigenvalue weighted by molar-refractivity contribution is 5.84. The molecular formula is C10H7O3+. The molecule has 2 aromatic rings. The Morgan fingerprint density at radius 1 is 1.31 bits per heavy atom. The van der Waals surface area contributed by atoms with Crippen molar-refractivity contribution in [2.24, 2.45) is 0 Å². The summed E-state index contributed by atoms with van der Waals surface area (Å²) < 4.78 is 5.12. The van der Waals surface area contributed by atoms with Crippen LogP contribution in [0.4, 0.5) is 0 Å². The van der Waals surface area contributed by atoms with Gasteiger partial charge in [-0.15, -0.1) is 0 Å². The maximum atomic E-state index is 11.5. The van der Waals surface area contributed by atoms with Crippen molar-refractivity contribution in [1.29, 1.82) is 0 Å². The van der Waals surface area contributed by atoms with Gasteiger partial charge in [-0.1, -0.05) is 12.1 Å². The van der Waals surface area contributed by atoms with Gasteiger partial charge in [0, 0.05) is 0 Å². The van der Waals surface area contributed by atoms with Crippen LogP contribution in [0.25, 0.3) is 11.0 Å². The van der Waals surface area contributed by atoms with Crippen molar-refractivity contribution in [3.8, 4) is 0 Å². The van der Waals surface area contributed by atoms with E-state index in [-0.39, 0.29) is 11.0 Å². The first-order valence-corrected chi connectivity index (χ1v) is 3.81. The molecule has 3 heteroatoms. The second-order valence-electron chi connectivity index (χ2n) is 2.65. The Morgan fingerprint density at radius 2 is 2.08 bits per heavy atom. The molecule has 0 saturated carbocycles. The first kappa shape index (κ1) is 7.73. The molecule has 0 amide bonds. The zero-order chi connectivity index (χ0) is 9.26. The molecule has 1 aromatic heterocycles. The van der Waals surface area contributed by atoms with Crippen LogP contribution in [-0.2, 0) is 0 Å². The number of hydrogen-bond donors (Lipinski definition) is 0. The molecule has 0 aliphatic rings. The third kappa shape index (κ3) is 1.14. The third-order valence-corrected chi connectivity index (χ3v) is 1.85. The van der Waals surface area contributed by atoms with Crippen molar-refractivity contribution < 1.29 is 9.21 Å². The molecule has 3 nitrogen and oxygen atoms in total. The number of carbonyl (C=O) groups excluding carboxylic acids is 1. The Balaban J connectivity index is 2.95. The minimum atomic E-state index is -0.218. The Kier molecular flexibility index (Phi) is 1.70. The summed E-state index contributed by atoms with van der Waals surface area (Å²) in [5, 5.41) is 0.477. The largest absolute Gasteiger partial charge is 0.463 e. The molecule has 1 N–H and O–H groups in total. The van der Waals surface area contributed by atoms with E-state index in [0.29, 0.717) is 11.0 Å². The number of rotatable bonds is 1. The highest BCUT2D eigenvalue weighted by atomic mass is 16.3. The first-order valence-electron chi connectivity index (χ1n) is 3.81. The first-order chi connectivity index (χ1) is 6.33. The zero-order valence-electron chi connectivity index (χ0n) is 6.73. The number of aldehydes is 1. The normalized spacial score (nSPS) is 10.2. The maximum Gasteiger partial charge on any atom is 0.319 e. The molecule has 64 valence electrons. The number of para-hydroxylation sites is 1. The van der Waals surface area contributed by atoms with Gasteiger partial charge in [0.2, 0.25) is 5.43 Å². The lowest BCUT2D eigenvalue weighted by Gasteiger charge is -1.93. The lowest BCUT2D eigenvalue weighted by molar-refractivity contribution is 0.599. The predicted octanol–water partition coefficient (Wildman–Crippen LogP) is 1.32. The Hall–Kier alpha value is -1.90. The summed E-state index contributed by atoms with van der Waals surface area (Å²) in [6.07, 6.45) is 1.99. The van der Waals surface area contributed by atoms with Crippen LogP contribution in [0.1, 0.15) is 5.56 Å². The van der Waals surface area contributed by atoms with E-state index >= 15 is 0 Å². The van der Waals surface area contributed by atoms with Gasteiger partial charge in [-0.25, -0.2) is 0 Å². The molecule has 0 spiro atoms. The van der Waals surface area contributed by atoms with E-state index in [1.807, 2.05) is 0 Å². The molecule has 0 aliphatic heterocycles. The summed E-state index contributed by atoms with van der Waals surface area (Å²) in [6.45, 7) is 0. The summed E-state index contributed by atoms with van der Waals surface area (Å²) >= 11 is 0. The molecule has 0 fully saturated rings. The van der Waals surface area contributed by atoms with Crippen LogP contribution in [0.3, 0.4) is 0 Å². The fourth-order valence-electron chi connectivity index (χ4n) is 1.18. The molecule has 1 heterocycles. The minimum Gasteiger partial charge on any atom is -0.463 e. The highest BCUT2D eigenvalue weighted by Crippen LogP contribution is 2.08. The van der Waals surface area contributed by atoms with Crippen LogP contribution < -0.4 is 5.43 Å². The molecule has 0 saturated heterocycles. The van der Waals surface area contributed by atoms with Crippen molar-refractivity contribution in [1.82, 2.24) is 0 Å². The summed E-state index contributed by atoms with van der Waals surface area (Å²) in [5.41, 5.74) is 0.473. The fourth-order valence-corrected chi connectivity index (χ4v) is 1.18. The van der Waals surface area contributed by atoms with Gasteiger partial charge in [0.1, 0.15) is 11.8 Å². The molecule has 2 rings (SSSR count). The molecular weight excluding hydrogens is 168 g/mol. The van der Waals surface area contributed by atoms with Crippen molar-refractivity contribution in [2.75, 3.05) is 0 Å². The molecule has 13 heavy (non-hydrogen) atoms. The maximum absolute atomic E-state index is 11.5. The average molecular weight is 175 g/mol. The van der Waals surface area contributed by atoms with Gasteiger partial charge in [0.25, 0.3) is 0 Å². The number of hydrogen-bond acceptors (Lipinski definition) is 2. The smallest absolute Gasteiger partial charge is 0.319 e. The van der Waals surface area contributed by atoms with E-state index in [9.17, 15) is 4.79 Å². The quantitative estimate of drug-likeness (QED) is 0.484. The molecule has 0 atom stereocenters. The van der Waals surface area contributed by atoms with Crippen molar-refractivity contribution >= 4 is 17.3 Å². The minimum absolute atomic E-state index is 0.165. The van der Waals surface area contributed by atoms with E-state index < -0.39 is 0 Å². The van der Waals surface area contributed by atoms with Gasteiger partial charge in [0.05, 0.1) is 5.39 Å². The van der Waals surface area contributed by atoms with Crippen molar-refractivity contribution in [3.05, 3.63) is 46.3 Å². The Labute approximate surface area is 73.6 Å². The van der Waals surface area contributed by atoms with Crippen LogP contribution in [0.2, 0.25) is 0 Å². The standard InChI is InChI=1S/C10H6O3/c11-5-7-6-13-9-4-2-1-3-8(9)10(7)12/h1-6H/p+1. The van der Waals surface area contributed by atoms with E-state index in [1.54, 1.807) is 24.3 Å². The molecule has 0 unspecified atom stereocenters. The molecule has 0 bridgehead atoms. The van der Waals surface area contributed by atoms with Crippen molar-refractivity contribution in [3.63, 3.8) is 0 Å². The molecule has 1 aromatic carbocycles. The summed E-state index contributed by atoms with van der Waals surface area (Å²) in [7, 11) is 0. The Morgan fingerprint density at radius 3 is 2.85 bits per heavy atom. The van der Waals surface area contributed by atoms with Gasteiger partial charge < -0.3 is 4.42 Å². The van der Waals surface area contributed by atoms with Gasteiger partial charge in [-0.2, -0.15) is 0 Å². The Bertz CT molecular complexity index is 511. The SMILES string of the molecule is O=c1c(C=[OH+])coc2ccccc12. The van der Waals surface area contributed by atoms with Crippen LogP contribution in [-0.4, -0.2) is 11.1 Å². The van der Waals surface area contributed by atoms with Crippen LogP contribution in [0.15, 0.2) is 39.7 Å². The van der Waals surface area contributed by atoms with Crippen LogP contribution >= 0.6 is 0 Å². The lowest BCUT2D eigenvalue weighted by Crippen LogP contribution is -2.07.